The van der Waals surface area contributed by atoms with Crippen LogP contribution in [0.5, 0.6) is 0 Å². The maximum atomic E-state index is 11.4. The lowest BCUT2D eigenvalue weighted by molar-refractivity contribution is -0.149. The van der Waals surface area contributed by atoms with Gasteiger partial charge in [0.15, 0.2) is 6.10 Å². The van der Waals surface area contributed by atoms with Crippen molar-refractivity contribution < 1.29 is 19.4 Å². The van der Waals surface area contributed by atoms with Gasteiger partial charge in [0.1, 0.15) is 0 Å². The number of methoxy groups -OCH3 is 1. The highest BCUT2D eigenvalue weighted by molar-refractivity contribution is 6.30. The van der Waals surface area contributed by atoms with E-state index in [0.717, 1.165) is 7.11 Å². The highest BCUT2D eigenvalue weighted by Gasteiger charge is 2.15. The molecule has 3 N–H and O–H groups in total. The van der Waals surface area contributed by atoms with Crippen molar-refractivity contribution in [3.05, 3.63) is 29.3 Å². The standard InChI is InChI=1S/C11H13ClN2O4/c1-18-10(16)9(15)6-13-11(17)14-8-4-2-7(12)3-5-8/h2-5,9,15H,6H2,1H3,(H2,13,14,17). The number of aliphatic hydroxyl groups is 1. The smallest absolute Gasteiger partial charge is 0.336 e. The number of carbonyl (C=O) groups excluding carboxylic acids is 2. The van der Waals surface area contributed by atoms with Gasteiger partial charge in [-0.25, -0.2) is 9.59 Å². The molecule has 0 spiro atoms. The molecule has 6 nitrogen and oxygen atoms in total. The van der Waals surface area contributed by atoms with Gasteiger partial charge in [0.25, 0.3) is 0 Å². The molecule has 0 saturated heterocycles. The largest absolute Gasteiger partial charge is 0.467 e. The van der Waals surface area contributed by atoms with Gasteiger partial charge in [-0.15, -0.1) is 0 Å². The number of hydrogen-bond donors (Lipinski definition) is 3. The first-order chi connectivity index (χ1) is 8.52. The number of rotatable bonds is 4. The van der Waals surface area contributed by atoms with E-state index in [4.69, 9.17) is 11.6 Å². The topological polar surface area (TPSA) is 87.7 Å². The molecular formula is C11H13ClN2O4. The number of urea groups is 1. The van der Waals surface area contributed by atoms with Crippen LogP contribution >= 0.6 is 11.6 Å². The number of halogens is 1. The van der Waals surface area contributed by atoms with E-state index in [1.54, 1.807) is 24.3 Å². The van der Waals surface area contributed by atoms with E-state index in [0.29, 0.717) is 10.7 Å². The maximum Gasteiger partial charge on any atom is 0.336 e. The lowest BCUT2D eigenvalue weighted by Crippen LogP contribution is -2.39. The van der Waals surface area contributed by atoms with E-state index >= 15 is 0 Å². The lowest BCUT2D eigenvalue weighted by Gasteiger charge is -2.10. The number of anilines is 1. The summed E-state index contributed by atoms with van der Waals surface area (Å²) in [4.78, 5) is 22.3. The average Bonchev–Trinajstić information content (AvgIpc) is 2.37. The third-order valence-electron chi connectivity index (χ3n) is 2.03. The van der Waals surface area contributed by atoms with E-state index in [9.17, 15) is 14.7 Å². The lowest BCUT2D eigenvalue weighted by atomic mass is 10.3. The van der Waals surface area contributed by atoms with Crippen molar-refractivity contribution in [2.45, 2.75) is 6.10 Å². The highest BCUT2D eigenvalue weighted by atomic mass is 35.5. The van der Waals surface area contributed by atoms with Gasteiger partial charge in [-0.2, -0.15) is 0 Å². The Kier molecular flexibility index (Phi) is 5.41. The van der Waals surface area contributed by atoms with Crippen molar-refractivity contribution in [1.82, 2.24) is 5.32 Å². The fourth-order valence-electron chi connectivity index (χ4n) is 1.12. The molecule has 0 aliphatic heterocycles. The molecule has 18 heavy (non-hydrogen) atoms. The van der Waals surface area contributed by atoms with Crippen molar-refractivity contribution in [3.8, 4) is 0 Å². The summed E-state index contributed by atoms with van der Waals surface area (Å²) in [6, 6.07) is 5.96. The molecule has 1 rings (SSSR count). The Hall–Kier alpha value is -1.79. The van der Waals surface area contributed by atoms with Crippen LogP contribution in [0, 0.1) is 0 Å². The van der Waals surface area contributed by atoms with Crippen LogP contribution in [0.3, 0.4) is 0 Å². The molecule has 0 heterocycles. The van der Waals surface area contributed by atoms with E-state index in [2.05, 4.69) is 15.4 Å². The number of hydrogen-bond acceptors (Lipinski definition) is 4. The van der Waals surface area contributed by atoms with Gasteiger partial charge >= 0.3 is 12.0 Å². The Labute approximate surface area is 109 Å². The number of ether oxygens (including phenoxy) is 1. The summed E-state index contributed by atoms with van der Waals surface area (Å²) < 4.78 is 4.30. The zero-order valence-electron chi connectivity index (χ0n) is 9.64. The van der Waals surface area contributed by atoms with Gasteiger partial charge < -0.3 is 20.5 Å². The first-order valence-electron chi connectivity index (χ1n) is 5.09. The molecular weight excluding hydrogens is 260 g/mol. The predicted octanol–water partition coefficient (Wildman–Crippen LogP) is 0.995. The zero-order chi connectivity index (χ0) is 13.5. The summed E-state index contributed by atoms with van der Waals surface area (Å²) in [6.07, 6.45) is -1.38. The van der Waals surface area contributed by atoms with Crippen molar-refractivity contribution in [2.24, 2.45) is 0 Å². The second kappa shape index (κ2) is 6.83. The predicted molar refractivity (Wildman–Crippen MR) is 66.5 cm³/mol. The average molecular weight is 273 g/mol. The molecule has 1 unspecified atom stereocenters. The third kappa shape index (κ3) is 4.60. The van der Waals surface area contributed by atoms with E-state index in [-0.39, 0.29) is 6.54 Å². The fourth-order valence-corrected chi connectivity index (χ4v) is 1.24. The summed E-state index contributed by atoms with van der Waals surface area (Å²) in [7, 11) is 1.15. The molecule has 0 bridgehead atoms. The molecule has 0 saturated carbocycles. The summed E-state index contributed by atoms with van der Waals surface area (Å²) in [5.74, 6) is -0.804. The van der Waals surface area contributed by atoms with Crippen molar-refractivity contribution in [3.63, 3.8) is 0 Å². The van der Waals surface area contributed by atoms with E-state index in [1.807, 2.05) is 0 Å². The van der Waals surface area contributed by atoms with Crippen LogP contribution in [0.2, 0.25) is 5.02 Å². The second-order valence-electron chi connectivity index (χ2n) is 3.38. The minimum atomic E-state index is -1.38. The van der Waals surface area contributed by atoms with Gasteiger partial charge in [-0.1, -0.05) is 11.6 Å². The quantitative estimate of drug-likeness (QED) is 0.714. The Morgan fingerprint density at radius 1 is 1.39 bits per heavy atom. The number of aliphatic hydroxyl groups excluding tert-OH is 1. The van der Waals surface area contributed by atoms with Crippen LogP contribution in [0.1, 0.15) is 0 Å². The molecule has 0 aromatic heterocycles. The van der Waals surface area contributed by atoms with E-state index < -0.39 is 18.1 Å². The van der Waals surface area contributed by atoms with Gasteiger partial charge in [-0.05, 0) is 24.3 Å². The summed E-state index contributed by atoms with van der Waals surface area (Å²) >= 11 is 5.69. The maximum absolute atomic E-state index is 11.4. The molecule has 0 aliphatic rings. The Bertz CT molecular complexity index is 422. The molecule has 7 heteroatoms. The van der Waals surface area contributed by atoms with Gasteiger partial charge in [0, 0.05) is 10.7 Å². The molecule has 1 aromatic rings. The SMILES string of the molecule is COC(=O)C(O)CNC(=O)Nc1ccc(Cl)cc1. The molecule has 1 atom stereocenters. The second-order valence-corrected chi connectivity index (χ2v) is 3.82. The first kappa shape index (κ1) is 14.3. The number of amides is 2. The minimum Gasteiger partial charge on any atom is -0.467 e. The van der Waals surface area contributed by atoms with Gasteiger partial charge in [0.2, 0.25) is 0 Å². The van der Waals surface area contributed by atoms with Gasteiger partial charge in [0.05, 0.1) is 13.7 Å². The monoisotopic (exact) mass is 272 g/mol. The van der Waals surface area contributed by atoms with Crippen LogP contribution in [0.4, 0.5) is 10.5 Å². The number of nitrogens with one attached hydrogen (secondary N) is 2. The normalized spacial score (nSPS) is 11.5. The molecule has 0 fully saturated rings. The number of benzene rings is 1. The van der Waals surface area contributed by atoms with Crippen molar-refractivity contribution in [1.29, 1.82) is 0 Å². The fraction of sp³-hybridized carbons (Fsp3) is 0.273. The minimum absolute atomic E-state index is 0.230. The molecule has 0 radical (unpaired) electrons. The summed E-state index contributed by atoms with van der Waals surface area (Å²) in [5, 5.41) is 14.6. The van der Waals surface area contributed by atoms with Crippen molar-refractivity contribution in [2.75, 3.05) is 19.0 Å². The van der Waals surface area contributed by atoms with Crippen LogP contribution in [0.25, 0.3) is 0 Å². The van der Waals surface area contributed by atoms with Crippen LogP contribution in [0.15, 0.2) is 24.3 Å². The molecule has 2 amide bonds. The third-order valence-corrected chi connectivity index (χ3v) is 2.28. The summed E-state index contributed by atoms with van der Waals surface area (Å²) in [6.45, 7) is -0.230. The van der Waals surface area contributed by atoms with Crippen LogP contribution in [-0.4, -0.2) is 36.9 Å². The number of esters is 1. The van der Waals surface area contributed by atoms with Crippen LogP contribution in [-0.2, 0) is 9.53 Å². The highest BCUT2D eigenvalue weighted by Crippen LogP contribution is 2.12. The van der Waals surface area contributed by atoms with Crippen LogP contribution < -0.4 is 10.6 Å². The van der Waals surface area contributed by atoms with Gasteiger partial charge in [-0.3, -0.25) is 0 Å². The Balaban J connectivity index is 2.38. The summed E-state index contributed by atoms with van der Waals surface area (Å²) in [5.41, 5.74) is 0.546. The van der Waals surface area contributed by atoms with Crippen molar-refractivity contribution >= 4 is 29.3 Å². The molecule has 1 aromatic carbocycles. The first-order valence-corrected chi connectivity index (χ1v) is 5.47. The molecule has 0 aliphatic carbocycles. The zero-order valence-corrected chi connectivity index (χ0v) is 10.4. The number of carbonyl (C=O) groups is 2. The Morgan fingerprint density at radius 2 is 2.00 bits per heavy atom. The molecule has 98 valence electrons. The van der Waals surface area contributed by atoms with E-state index in [1.165, 1.54) is 0 Å². The Morgan fingerprint density at radius 3 is 2.56 bits per heavy atom.